The van der Waals surface area contributed by atoms with Crippen molar-refractivity contribution in [2.75, 3.05) is 13.2 Å². The highest BCUT2D eigenvalue weighted by Crippen LogP contribution is 2.19. The maximum absolute atomic E-state index is 12.5. The molecule has 0 heterocycles. The number of aliphatic hydroxyl groups is 5. The van der Waals surface area contributed by atoms with Crippen LogP contribution in [0.5, 0.6) is 0 Å². The predicted molar refractivity (Wildman–Crippen MR) is 199 cm³/mol. The SMILES string of the molecule is CCCCCCCCCCCCCCCCCCCCCCCCOC(=O)NC(COC1CC/C=C\C(O)C(O)C1O)C(O)CC(O)CC. The molecule has 49 heavy (non-hydrogen) atoms. The van der Waals surface area contributed by atoms with Gasteiger partial charge in [0.2, 0.25) is 0 Å². The molecule has 1 rings (SSSR count). The average molecular weight is 700 g/mol. The van der Waals surface area contributed by atoms with Crippen LogP contribution < -0.4 is 5.32 Å². The van der Waals surface area contributed by atoms with Crippen LogP contribution in [0.25, 0.3) is 0 Å². The molecule has 9 heteroatoms. The van der Waals surface area contributed by atoms with E-state index in [1.807, 2.05) is 0 Å². The number of unbranched alkanes of at least 4 members (excludes halogenated alkanes) is 21. The second-order valence-electron chi connectivity index (χ2n) is 14.5. The van der Waals surface area contributed by atoms with Crippen LogP contribution in [-0.4, -0.2) is 87.5 Å². The highest BCUT2D eigenvalue weighted by Gasteiger charge is 2.33. The third-order valence-electron chi connectivity index (χ3n) is 10.0. The Balaban J connectivity index is 2.09. The number of carbonyl (C=O) groups is 1. The van der Waals surface area contributed by atoms with Crippen LogP contribution >= 0.6 is 0 Å². The third-order valence-corrected chi connectivity index (χ3v) is 10.0. The van der Waals surface area contributed by atoms with E-state index in [1.165, 1.54) is 128 Å². The van der Waals surface area contributed by atoms with E-state index in [-0.39, 0.29) is 19.6 Å². The molecule has 1 aliphatic rings. The third kappa shape index (κ3) is 24.6. The zero-order valence-corrected chi connectivity index (χ0v) is 31.5. The van der Waals surface area contributed by atoms with Crippen LogP contribution in [0.2, 0.25) is 0 Å². The number of allylic oxidation sites excluding steroid dienone is 1. The molecule has 290 valence electrons. The molecule has 0 aliphatic heterocycles. The molecule has 0 saturated heterocycles. The van der Waals surface area contributed by atoms with Gasteiger partial charge in [-0.1, -0.05) is 161 Å². The Bertz CT molecular complexity index is 783. The number of ether oxygens (including phenoxy) is 2. The number of amides is 1. The molecule has 9 nitrogen and oxygen atoms in total. The fraction of sp³-hybridized carbons (Fsp3) is 0.925. The van der Waals surface area contributed by atoms with Gasteiger partial charge in [-0.3, -0.25) is 0 Å². The van der Waals surface area contributed by atoms with Crippen LogP contribution in [0.3, 0.4) is 0 Å². The Morgan fingerprint density at radius 3 is 1.65 bits per heavy atom. The number of hydrogen-bond donors (Lipinski definition) is 6. The van der Waals surface area contributed by atoms with Crippen molar-refractivity contribution in [3.8, 4) is 0 Å². The Kier molecular flexibility index (Phi) is 29.4. The average Bonchev–Trinajstić information content (AvgIpc) is 3.09. The summed E-state index contributed by atoms with van der Waals surface area (Å²) in [4.78, 5) is 12.5. The second kappa shape index (κ2) is 31.5. The van der Waals surface area contributed by atoms with Crippen molar-refractivity contribution in [2.45, 2.75) is 223 Å². The van der Waals surface area contributed by atoms with E-state index in [0.717, 1.165) is 19.3 Å². The number of nitrogens with one attached hydrogen (secondary N) is 1. The monoisotopic (exact) mass is 700 g/mol. The summed E-state index contributed by atoms with van der Waals surface area (Å²) in [5.74, 6) is 0. The topological polar surface area (TPSA) is 149 Å². The summed E-state index contributed by atoms with van der Waals surface area (Å²) in [6.45, 7) is 4.21. The standard InChI is InChI=1S/C40H77NO8/c1-3-5-6-7-8-9-10-11-12-13-14-15-16-17-18-19-20-21-22-23-24-27-30-48-40(47)41-34(36(44)31-33(42)4-2)32-49-37-29-26-25-28-35(43)38(45)39(37)46/h25,28,33-39,42-46H,3-24,26-27,29-32H2,1-2H3,(H,41,47)/b28-25-. The summed E-state index contributed by atoms with van der Waals surface area (Å²) in [6, 6.07) is -0.881. The van der Waals surface area contributed by atoms with Crippen molar-refractivity contribution in [3.63, 3.8) is 0 Å². The smallest absolute Gasteiger partial charge is 0.407 e. The van der Waals surface area contributed by atoms with Crippen LogP contribution in [-0.2, 0) is 9.47 Å². The van der Waals surface area contributed by atoms with Gasteiger partial charge in [-0.05, 0) is 25.7 Å². The first-order chi connectivity index (χ1) is 23.8. The van der Waals surface area contributed by atoms with Gasteiger partial charge in [-0.25, -0.2) is 4.79 Å². The van der Waals surface area contributed by atoms with Gasteiger partial charge in [0.15, 0.2) is 0 Å². The largest absolute Gasteiger partial charge is 0.450 e. The molecule has 0 spiro atoms. The number of alkyl carbamates (subject to hydrolysis) is 1. The lowest BCUT2D eigenvalue weighted by Crippen LogP contribution is -2.51. The summed E-state index contributed by atoms with van der Waals surface area (Å²) in [5.41, 5.74) is 0. The van der Waals surface area contributed by atoms with E-state index in [4.69, 9.17) is 9.47 Å². The van der Waals surface area contributed by atoms with E-state index < -0.39 is 48.8 Å². The zero-order valence-electron chi connectivity index (χ0n) is 31.5. The highest BCUT2D eigenvalue weighted by molar-refractivity contribution is 5.67. The van der Waals surface area contributed by atoms with Crippen molar-refractivity contribution in [1.29, 1.82) is 0 Å². The summed E-state index contributed by atoms with van der Waals surface area (Å²) in [7, 11) is 0. The summed E-state index contributed by atoms with van der Waals surface area (Å²) >= 11 is 0. The number of carbonyl (C=O) groups excluding carboxylic acids is 1. The lowest BCUT2D eigenvalue weighted by atomic mass is 9.96. The molecule has 0 fully saturated rings. The van der Waals surface area contributed by atoms with Gasteiger partial charge in [0.25, 0.3) is 0 Å². The minimum atomic E-state index is -1.41. The summed E-state index contributed by atoms with van der Waals surface area (Å²) < 4.78 is 11.2. The van der Waals surface area contributed by atoms with E-state index in [0.29, 0.717) is 19.3 Å². The lowest BCUT2D eigenvalue weighted by Gasteiger charge is -2.32. The summed E-state index contributed by atoms with van der Waals surface area (Å²) in [6.07, 6.45) is 26.3. The number of hydrogen-bond acceptors (Lipinski definition) is 8. The molecule has 0 bridgehead atoms. The minimum absolute atomic E-state index is 0.0432. The Morgan fingerprint density at radius 1 is 0.714 bits per heavy atom. The highest BCUT2D eigenvalue weighted by atomic mass is 16.5. The molecule has 7 atom stereocenters. The second-order valence-corrected chi connectivity index (χ2v) is 14.5. The maximum atomic E-state index is 12.5. The van der Waals surface area contributed by atoms with Crippen LogP contribution in [0.1, 0.15) is 181 Å². The van der Waals surface area contributed by atoms with Crippen molar-refractivity contribution < 1.29 is 39.8 Å². The molecule has 1 amide bonds. The van der Waals surface area contributed by atoms with Gasteiger partial charge >= 0.3 is 6.09 Å². The lowest BCUT2D eigenvalue weighted by molar-refractivity contribution is -0.124. The molecule has 1 aliphatic carbocycles. The van der Waals surface area contributed by atoms with Crippen LogP contribution in [0, 0.1) is 0 Å². The quantitative estimate of drug-likeness (QED) is 0.0315. The molecule has 0 radical (unpaired) electrons. The van der Waals surface area contributed by atoms with Crippen molar-refractivity contribution in [1.82, 2.24) is 5.32 Å². The molecular weight excluding hydrogens is 622 g/mol. The molecule has 0 aromatic heterocycles. The van der Waals surface area contributed by atoms with Crippen molar-refractivity contribution in [3.05, 3.63) is 12.2 Å². The first kappa shape index (κ1) is 45.8. The van der Waals surface area contributed by atoms with E-state index in [2.05, 4.69) is 12.2 Å². The molecular formula is C40H77NO8. The molecule has 0 aromatic carbocycles. The van der Waals surface area contributed by atoms with E-state index >= 15 is 0 Å². The van der Waals surface area contributed by atoms with Gasteiger partial charge in [0, 0.05) is 6.42 Å². The Labute approximate surface area is 299 Å². The van der Waals surface area contributed by atoms with Crippen LogP contribution in [0.15, 0.2) is 12.2 Å². The summed E-state index contributed by atoms with van der Waals surface area (Å²) in [5, 5.41) is 54.1. The first-order valence-electron chi connectivity index (χ1n) is 20.4. The fourth-order valence-corrected chi connectivity index (χ4v) is 6.54. The predicted octanol–water partition coefficient (Wildman–Crippen LogP) is 8.02. The fourth-order valence-electron chi connectivity index (χ4n) is 6.54. The van der Waals surface area contributed by atoms with Crippen LogP contribution in [0.4, 0.5) is 4.79 Å². The number of rotatable bonds is 31. The van der Waals surface area contributed by atoms with Gasteiger partial charge in [0.1, 0.15) is 18.3 Å². The van der Waals surface area contributed by atoms with Gasteiger partial charge in [-0.15, -0.1) is 0 Å². The first-order valence-corrected chi connectivity index (χ1v) is 20.4. The molecule has 0 saturated carbocycles. The molecule has 0 aromatic rings. The molecule has 6 N–H and O–H groups in total. The Hall–Kier alpha value is -1.23. The molecule has 7 unspecified atom stereocenters. The Morgan fingerprint density at radius 2 is 1.18 bits per heavy atom. The zero-order chi connectivity index (χ0) is 36.0. The maximum Gasteiger partial charge on any atom is 0.407 e. The van der Waals surface area contributed by atoms with Crippen molar-refractivity contribution >= 4 is 6.09 Å². The van der Waals surface area contributed by atoms with Gasteiger partial charge in [0.05, 0.1) is 37.6 Å². The van der Waals surface area contributed by atoms with E-state index in [9.17, 15) is 30.3 Å². The number of aliphatic hydroxyl groups excluding tert-OH is 5. The van der Waals surface area contributed by atoms with Gasteiger partial charge < -0.3 is 40.3 Å². The van der Waals surface area contributed by atoms with Gasteiger partial charge in [-0.2, -0.15) is 0 Å². The minimum Gasteiger partial charge on any atom is -0.450 e. The van der Waals surface area contributed by atoms with Crippen molar-refractivity contribution in [2.24, 2.45) is 0 Å². The van der Waals surface area contributed by atoms with E-state index in [1.54, 1.807) is 13.0 Å². The normalized spacial score (nSPS) is 22.2.